The van der Waals surface area contributed by atoms with E-state index in [1.807, 2.05) is 38.1 Å². The number of thioether (sulfide) groups is 1. The Kier molecular flexibility index (Phi) is 3.25. The van der Waals surface area contributed by atoms with Crippen LogP contribution in [0, 0.1) is 0 Å². The lowest BCUT2D eigenvalue weighted by atomic mass is 10.0. The zero-order valence-electron chi connectivity index (χ0n) is 13.7. The molecule has 0 aliphatic carbocycles. The second kappa shape index (κ2) is 5.11. The van der Waals surface area contributed by atoms with E-state index in [4.69, 9.17) is 0 Å². The van der Waals surface area contributed by atoms with Gasteiger partial charge in [0.25, 0.3) is 5.91 Å². The number of anilines is 1. The van der Waals surface area contributed by atoms with Gasteiger partial charge in [-0.3, -0.25) is 14.3 Å². The molecule has 0 bridgehead atoms. The highest BCUT2D eigenvalue weighted by atomic mass is 32.2. The first-order valence-electron chi connectivity index (χ1n) is 7.78. The number of aromatic nitrogens is 2. The van der Waals surface area contributed by atoms with Gasteiger partial charge in [0, 0.05) is 29.6 Å². The average molecular weight is 342 g/mol. The van der Waals surface area contributed by atoms with Crippen LogP contribution in [0.3, 0.4) is 0 Å². The van der Waals surface area contributed by atoms with Crippen LogP contribution in [0.1, 0.15) is 35.1 Å². The standard InChI is InChI=1S/C17H18N4O2S/c1-17(2)13(14(22)18-12-8-9-20(3)19-12)21-15(23)10-6-4-5-7-11(10)16(21)24-17/h4-9,13,16H,1-3H3,(H,18,19,22)/t13-,16-/m1/s1. The minimum atomic E-state index is -0.547. The molecule has 0 saturated carbocycles. The zero-order valence-corrected chi connectivity index (χ0v) is 14.5. The number of nitrogens with zero attached hydrogens (tertiary/aromatic N) is 3. The number of aryl methyl sites for hydroxylation is 1. The highest BCUT2D eigenvalue weighted by Crippen LogP contribution is 2.56. The molecule has 1 aromatic carbocycles. The van der Waals surface area contributed by atoms with E-state index in [1.54, 1.807) is 40.7 Å². The number of carbonyl (C=O) groups is 2. The first-order chi connectivity index (χ1) is 11.4. The van der Waals surface area contributed by atoms with E-state index in [-0.39, 0.29) is 21.9 Å². The van der Waals surface area contributed by atoms with Gasteiger partial charge in [0.2, 0.25) is 5.91 Å². The van der Waals surface area contributed by atoms with Crippen LogP contribution in [0.25, 0.3) is 0 Å². The molecule has 24 heavy (non-hydrogen) atoms. The third-order valence-electron chi connectivity index (χ3n) is 4.51. The molecule has 2 aromatic rings. The fourth-order valence-corrected chi connectivity index (χ4v) is 5.07. The molecule has 2 amide bonds. The van der Waals surface area contributed by atoms with Crippen LogP contribution in [-0.4, -0.2) is 37.3 Å². The van der Waals surface area contributed by atoms with Gasteiger partial charge in [0.15, 0.2) is 5.82 Å². The Labute approximate surface area is 144 Å². The second-order valence-electron chi connectivity index (χ2n) is 6.64. The molecule has 1 fully saturated rings. The molecular weight excluding hydrogens is 324 g/mol. The molecule has 124 valence electrons. The van der Waals surface area contributed by atoms with Crippen molar-refractivity contribution in [3.63, 3.8) is 0 Å². The van der Waals surface area contributed by atoms with Crippen molar-refractivity contribution in [2.45, 2.75) is 30.0 Å². The van der Waals surface area contributed by atoms with Gasteiger partial charge in [-0.25, -0.2) is 0 Å². The maximum atomic E-state index is 12.9. The lowest BCUT2D eigenvalue weighted by Crippen LogP contribution is -2.50. The van der Waals surface area contributed by atoms with Crippen molar-refractivity contribution < 1.29 is 9.59 Å². The Morgan fingerprint density at radius 3 is 2.75 bits per heavy atom. The van der Waals surface area contributed by atoms with Crippen molar-refractivity contribution in [2.75, 3.05) is 5.32 Å². The van der Waals surface area contributed by atoms with E-state index in [0.717, 1.165) is 5.56 Å². The van der Waals surface area contributed by atoms with Crippen molar-refractivity contribution >= 4 is 29.4 Å². The molecule has 2 aliphatic rings. The minimum Gasteiger partial charge on any atom is -0.309 e. The zero-order chi connectivity index (χ0) is 17.1. The minimum absolute atomic E-state index is 0.0742. The predicted molar refractivity (Wildman–Crippen MR) is 92.6 cm³/mol. The number of hydrogen-bond donors (Lipinski definition) is 1. The van der Waals surface area contributed by atoms with Crippen molar-refractivity contribution in [1.82, 2.24) is 14.7 Å². The summed E-state index contributed by atoms with van der Waals surface area (Å²) in [7, 11) is 1.79. The third-order valence-corrected chi connectivity index (χ3v) is 6.04. The Balaban J connectivity index is 1.68. The summed E-state index contributed by atoms with van der Waals surface area (Å²) >= 11 is 1.66. The van der Waals surface area contributed by atoms with Gasteiger partial charge >= 0.3 is 0 Å². The van der Waals surface area contributed by atoms with Gasteiger partial charge in [-0.2, -0.15) is 5.10 Å². The molecular formula is C17H18N4O2S. The third kappa shape index (κ3) is 2.15. The molecule has 4 rings (SSSR count). The maximum Gasteiger partial charge on any atom is 0.256 e. The molecule has 7 heteroatoms. The Morgan fingerprint density at radius 1 is 1.29 bits per heavy atom. The highest BCUT2D eigenvalue weighted by molar-refractivity contribution is 8.01. The average Bonchev–Trinajstić information content (AvgIpc) is 3.13. The molecule has 0 radical (unpaired) electrons. The quantitative estimate of drug-likeness (QED) is 0.910. The summed E-state index contributed by atoms with van der Waals surface area (Å²) in [5, 5.41) is 6.92. The van der Waals surface area contributed by atoms with E-state index in [9.17, 15) is 9.59 Å². The predicted octanol–water partition coefficient (Wildman–Crippen LogP) is 2.41. The van der Waals surface area contributed by atoms with Crippen molar-refractivity contribution in [3.8, 4) is 0 Å². The van der Waals surface area contributed by atoms with E-state index in [2.05, 4.69) is 10.4 Å². The van der Waals surface area contributed by atoms with Crippen LogP contribution in [0.2, 0.25) is 0 Å². The molecule has 2 aliphatic heterocycles. The number of nitrogens with one attached hydrogen (secondary N) is 1. The lowest BCUT2D eigenvalue weighted by Gasteiger charge is -2.29. The van der Waals surface area contributed by atoms with Crippen LogP contribution in [-0.2, 0) is 11.8 Å². The SMILES string of the molecule is Cn1ccc(NC(=O)[C@H]2N3C(=O)c4ccccc4[C@H]3SC2(C)C)n1. The molecule has 3 heterocycles. The van der Waals surface area contributed by atoms with Gasteiger partial charge in [-0.15, -0.1) is 11.8 Å². The number of hydrogen-bond acceptors (Lipinski definition) is 4. The van der Waals surface area contributed by atoms with Gasteiger partial charge in [-0.05, 0) is 25.5 Å². The summed E-state index contributed by atoms with van der Waals surface area (Å²) in [5.41, 5.74) is 1.69. The number of carbonyl (C=O) groups excluding carboxylic acids is 2. The maximum absolute atomic E-state index is 12.9. The fourth-order valence-electron chi connectivity index (χ4n) is 3.48. The van der Waals surface area contributed by atoms with Gasteiger partial charge in [0.1, 0.15) is 11.4 Å². The fraction of sp³-hybridized carbons (Fsp3) is 0.353. The largest absolute Gasteiger partial charge is 0.309 e. The van der Waals surface area contributed by atoms with Crippen LogP contribution < -0.4 is 5.32 Å². The number of amides is 2. The van der Waals surface area contributed by atoms with Crippen molar-refractivity contribution in [3.05, 3.63) is 47.7 Å². The summed E-state index contributed by atoms with van der Waals surface area (Å²) in [5.74, 6) is 0.223. The van der Waals surface area contributed by atoms with E-state index in [0.29, 0.717) is 11.4 Å². The summed E-state index contributed by atoms with van der Waals surface area (Å²) in [4.78, 5) is 27.5. The van der Waals surface area contributed by atoms with Crippen LogP contribution in [0.4, 0.5) is 5.82 Å². The Hall–Kier alpha value is -2.28. The van der Waals surface area contributed by atoms with Crippen LogP contribution in [0.5, 0.6) is 0 Å². The number of fused-ring (bicyclic) bond motifs is 3. The molecule has 1 aromatic heterocycles. The molecule has 6 nitrogen and oxygen atoms in total. The second-order valence-corrected chi connectivity index (χ2v) is 8.37. The summed E-state index contributed by atoms with van der Waals surface area (Å²) in [6.45, 7) is 4.02. The Morgan fingerprint density at radius 2 is 2.04 bits per heavy atom. The first-order valence-corrected chi connectivity index (χ1v) is 8.66. The molecule has 0 unspecified atom stereocenters. The molecule has 2 atom stereocenters. The summed E-state index contributed by atoms with van der Waals surface area (Å²) in [6, 6.07) is 8.79. The number of rotatable bonds is 2. The normalized spacial score (nSPS) is 24.0. The first kappa shape index (κ1) is 15.3. The van der Waals surface area contributed by atoms with Crippen LogP contribution >= 0.6 is 11.8 Å². The van der Waals surface area contributed by atoms with E-state index < -0.39 is 6.04 Å². The van der Waals surface area contributed by atoms with Crippen molar-refractivity contribution in [1.29, 1.82) is 0 Å². The molecule has 0 spiro atoms. The topological polar surface area (TPSA) is 67.2 Å². The van der Waals surface area contributed by atoms with Gasteiger partial charge in [-0.1, -0.05) is 18.2 Å². The molecule has 1 N–H and O–H groups in total. The van der Waals surface area contributed by atoms with Gasteiger partial charge in [0.05, 0.1) is 0 Å². The Bertz CT molecular complexity index is 845. The van der Waals surface area contributed by atoms with Crippen molar-refractivity contribution in [2.24, 2.45) is 7.05 Å². The summed E-state index contributed by atoms with van der Waals surface area (Å²) < 4.78 is 1.25. The number of benzene rings is 1. The van der Waals surface area contributed by atoms with Gasteiger partial charge < -0.3 is 10.2 Å². The van der Waals surface area contributed by atoms with Crippen LogP contribution in [0.15, 0.2) is 36.5 Å². The lowest BCUT2D eigenvalue weighted by molar-refractivity contribution is -0.121. The van der Waals surface area contributed by atoms with E-state index >= 15 is 0 Å². The highest BCUT2D eigenvalue weighted by Gasteiger charge is 2.57. The van der Waals surface area contributed by atoms with E-state index in [1.165, 1.54) is 0 Å². The monoisotopic (exact) mass is 342 g/mol. The molecule has 1 saturated heterocycles. The summed E-state index contributed by atoms with van der Waals surface area (Å²) in [6.07, 6.45) is 1.77. The smallest absolute Gasteiger partial charge is 0.256 e.